The molecule has 0 bridgehead atoms. The van der Waals surface area contributed by atoms with Crippen molar-refractivity contribution in [1.29, 1.82) is 0 Å². The average Bonchev–Trinajstić information content (AvgIpc) is 2.74. The van der Waals surface area contributed by atoms with Crippen LogP contribution in [0.3, 0.4) is 0 Å². The standard InChI is InChI=1S/C12H10N4/c1-9-4-6-13-8-11(9)16-12-10(7-15-16)3-2-5-14-12/h2-8H,1H3. The molecule has 4 nitrogen and oxygen atoms in total. The molecule has 0 aliphatic rings. The Bertz CT molecular complexity index is 642. The van der Waals surface area contributed by atoms with E-state index in [1.165, 1.54) is 0 Å². The molecule has 0 aliphatic heterocycles. The zero-order valence-corrected chi connectivity index (χ0v) is 8.83. The van der Waals surface area contributed by atoms with E-state index in [2.05, 4.69) is 15.1 Å². The highest BCUT2D eigenvalue weighted by atomic mass is 15.3. The fraction of sp³-hybridized carbons (Fsp3) is 0.0833. The third-order valence-corrected chi connectivity index (χ3v) is 2.57. The van der Waals surface area contributed by atoms with Gasteiger partial charge < -0.3 is 0 Å². The Morgan fingerprint density at radius 3 is 2.94 bits per heavy atom. The molecule has 3 heterocycles. The molecule has 16 heavy (non-hydrogen) atoms. The first-order valence-electron chi connectivity index (χ1n) is 5.06. The van der Waals surface area contributed by atoms with Gasteiger partial charge in [0.1, 0.15) is 0 Å². The molecule has 0 aliphatic carbocycles. The molecule has 3 aromatic heterocycles. The highest BCUT2D eigenvalue weighted by molar-refractivity contribution is 5.76. The minimum atomic E-state index is 0.860. The van der Waals surface area contributed by atoms with Crippen LogP contribution in [0.25, 0.3) is 16.7 Å². The van der Waals surface area contributed by atoms with Gasteiger partial charge in [-0.05, 0) is 30.7 Å². The van der Waals surface area contributed by atoms with E-state index in [1.807, 2.05) is 36.0 Å². The summed E-state index contributed by atoms with van der Waals surface area (Å²) in [6, 6.07) is 5.87. The van der Waals surface area contributed by atoms with Crippen LogP contribution in [0.5, 0.6) is 0 Å². The van der Waals surface area contributed by atoms with Gasteiger partial charge in [-0.1, -0.05) is 0 Å². The lowest BCUT2D eigenvalue weighted by Crippen LogP contribution is -2.00. The lowest BCUT2D eigenvalue weighted by Gasteiger charge is -2.04. The molecule has 0 spiro atoms. The van der Waals surface area contributed by atoms with Crippen molar-refractivity contribution in [3.8, 4) is 5.69 Å². The monoisotopic (exact) mass is 210 g/mol. The molecule has 0 atom stereocenters. The van der Waals surface area contributed by atoms with Crippen molar-refractivity contribution in [3.63, 3.8) is 0 Å². The van der Waals surface area contributed by atoms with Crippen LogP contribution in [0.2, 0.25) is 0 Å². The Labute approximate surface area is 92.6 Å². The van der Waals surface area contributed by atoms with Crippen molar-refractivity contribution in [2.75, 3.05) is 0 Å². The number of rotatable bonds is 1. The van der Waals surface area contributed by atoms with Crippen molar-refractivity contribution in [2.24, 2.45) is 0 Å². The van der Waals surface area contributed by atoms with Gasteiger partial charge >= 0.3 is 0 Å². The van der Waals surface area contributed by atoms with E-state index < -0.39 is 0 Å². The maximum Gasteiger partial charge on any atom is 0.162 e. The van der Waals surface area contributed by atoms with Crippen LogP contribution in [0, 0.1) is 6.92 Å². The summed E-state index contributed by atoms with van der Waals surface area (Å²) in [5.41, 5.74) is 2.96. The Morgan fingerprint density at radius 1 is 1.12 bits per heavy atom. The highest BCUT2D eigenvalue weighted by Gasteiger charge is 2.07. The van der Waals surface area contributed by atoms with E-state index in [0.717, 1.165) is 22.3 Å². The minimum Gasteiger partial charge on any atom is -0.262 e. The van der Waals surface area contributed by atoms with Crippen LogP contribution in [0.15, 0.2) is 43.0 Å². The van der Waals surface area contributed by atoms with E-state index in [9.17, 15) is 0 Å². The van der Waals surface area contributed by atoms with Crippen LogP contribution < -0.4 is 0 Å². The SMILES string of the molecule is Cc1ccncc1-n1ncc2cccnc21. The number of fused-ring (bicyclic) bond motifs is 1. The van der Waals surface area contributed by atoms with Crippen LogP contribution in [-0.4, -0.2) is 19.7 Å². The number of hydrogen-bond donors (Lipinski definition) is 0. The van der Waals surface area contributed by atoms with Gasteiger partial charge in [0, 0.05) is 17.8 Å². The van der Waals surface area contributed by atoms with E-state index in [4.69, 9.17) is 0 Å². The van der Waals surface area contributed by atoms with E-state index >= 15 is 0 Å². The fourth-order valence-electron chi connectivity index (χ4n) is 1.72. The topological polar surface area (TPSA) is 43.6 Å². The summed E-state index contributed by atoms with van der Waals surface area (Å²) < 4.78 is 1.82. The van der Waals surface area contributed by atoms with Crippen LogP contribution in [-0.2, 0) is 0 Å². The molecule has 0 aromatic carbocycles. The molecular formula is C12H10N4. The third kappa shape index (κ3) is 1.27. The summed E-state index contributed by atoms with van der Waals surface area (Å²) in [6.45, 7) is 2.04. The second-order valence-corrected chi connectivity index (χ2v) is 3.63. The predicted octanol–water partition coefficient (Wildman–Crippen LogP) is 2.12. The minimum absolute atomic E-state index is 0.860. The Balaban J connectivity index is 2.31. The third-order valence-electron chi connectivity index (χ3n) is 2.57. The summed E-state index contributed by atoms with van der Waals surface area (Å²) in [5, 5.41) is 5.37. The van der Waals surface area contributed by atoms with E-state index in [1.54, 1.807) is 18.6 Å². The molecule has 0 saturated heterocycles. The largest absolute Gasteiger partial charge is 0.262 e. The zero-order chi connectivity index (χ0) is 11.0. The molecule has 0 N–H and O–H groups in total. The number of pyridine rings is 2. The number of aromatic nitrogens is 4. The fourth-order valence-corrected chi connectivity index (χ4v) is 1.72. The first-order chi connectivity index (χ1) is 7.86. The molecule has 0 unspecified atom stereocenters. The highest BCUT2D eigenvalue weighted by Crippen LogP contribution is 2.17. The Hall–Kier alpha value is -2.23. The molecular weight excluding hydrogens is 200 g/mol. The quantitative estimate of drug-likeness (QED) is 0.618. The van der Waals surface area contributed by atoms with Crippen LogP contribution in [0.1, 0.15) is 5.56 Å². The summed E-state index contributed by atoms with van der Waals surface area (Å²) in [7, 11) is 0. The second-order valence-electron chi connectivity index (χ2n) is 3.63. The molecule has 0 amide bonds. The van der Waals surface area contributed by atoms with Gasteiger partial charge in [-0.2, -0.15) is 5.10 Å². The first-order valence-corrected chi connectivity index (χ1v) is 5.06. The summed E-state index contributed by atoms with van der Waals surface area (Å²) >= 11 is 0. The number of aryl methyl sites for hydroxylation is 1. The maximum atomic E-state index is 4.34. The van der Waals surface area contributed by atoms with Gasteiger partial charge in [-0.25, -0.2) is 9.67 Å². The molecule has 3 rings (SSSR count). The maximum absolute atomic E-state index is 4.34. The van der Waals surface area contributed by atoms with Crippen molar-refractivity contribution < 1.29 is 0 Å². The molecule has 0 fully saturated rings. The molecule has 4 heteroatoms. The normalized spacial score (nSPS) is 10.8. The van der Waals surface area contributed by atoms with Crippen molar-refractivity contribution in [2.45, 2.75) is 6.92 Å². The molecule has 78 valence electrons. The summed E-state index contributed by atoms with van der Waals surface area (Å²) in [5.74, 6) is 0. The van der Waals surface area contributed by atoms with Gasteiger partial charge in [0.25, 0.3) is 0 Å². The average molecular weight is 210 g/mol. The van der Waals surface area contributed by atoms with Gasteiger partial charge in [0.05, 0.1) is 18.1 Å². The number of hydrogen-bond acceptors (Lipinski definition) is 3. The summed E-state index contributed by atoms with van der Waals surface area (Å²) in [4.78, 5) is 8.45. The lowest BCUT2D eigenvalue weighted by molar-refractivity contribution is 0.881. The molecule has 3 aromatic rings. The zero-order valence-electron chi connectivity index (χ0n) is 8.83. The van der Waals surface area contributed by atoms with Gasteiger partial charge in [0.2, 0.25) is 0 Å². The molecule has 0 saturated carbocycles. The van der Waals surface area contributed by atoms with Gasteiger partial charge in [0.15, 0.2) is 5.65 Å². The van der Waals surface area contributed by atoms with Crippen LogP contribution >= 0.6 is 0 Å². The summed E-state index contributed by atoms with van der Waals surface area (Å²) in [6.07, 6.45) is 7.16. The Morgan fingerprint density at radius 2 is 2.06 bits per heavy atom. The van der Waals surface area contributed by atoms with Gasteiger partial charge in [-0.3, -0.25) is 4.98 Å². The predicted molar refractivity (Wildman–Crippen MR) is 61.4 cm³/mol. The van der Waals surface area contributed by atoms with Crippen LogP contribution in [0.4, 0.5) is 0 Å². The van der Waals surface area contributed by atoms with Crippen molar-refractivity contribution in [1.82, 2.24) is 19.7 Å². The smallest absolute Gasteiger partial charge is 0.162 e. The van der Waals surface area contributed by atoms with Crippen molar-refractivity contribution in [3.05, 3.63) is 48.5 Å². The second kappa shape index (κ2) is 3.41. The number of nitrogens with zero attached hydrogens (tertiary/aromatic N) is 4. The Kier molecular flexibility index (Phi) is 1.93. The lowest BCUT2D eigenvalue weighted by atomic mass is 10.2. The van der Waals surface area contributed by atoms with E-state index in [0.29, 0.717) is 0 Å². The van der Waals surface area contributed by atoms with Gasteiger partial charge in [-0.15, -0.1) is 0 Å². The van der Waals surface area contributed by atoms with E-state index in [-0.39, 0.29) is 0 Å². The van der Waals surface area contributed by atoms with Crippen molar-refractivity contribution >= 4 is 11.0 Å². The molecule has 0 radical (unpaired) electrons. The first kappa shape index (κ1) is 9.03.